The molecule has 1 aromatic heterocycles. The summed E-state index contributed by atoms with van der Waals surface area (Å²) in [5.74, 6) is 0.594. The van der Waals surface area contributed by atoms with E-state index in [9.17, 15) is 0 Å². The first-order valence-corrected chi connectivity index (χ1v) is 4.31. The summed E-state index contributed by atoms with van der Waals surface area (Å²) in [5, 5.41) is 3.41. The Kier molecular flexibility index (Phi) is 1.96. The van der Waals surface area contributed by atoms with Crippen LogP contribution in [0.5, 0.6) is 0 Å². The predicted octanol–water partition coefficient (Wildman–Crippen LogP) is 1.09. The number of nitrogen functional groups attached to an aromatic ring is 1. The Balaban J connectivity index is 2.17. The van der Waals surface area contributed by atoms with Crippen molar-refractivity contribution in [3.8, 4) is 0 Å². The van der Waals surface area contributed by atoms with E-state index in [-0.39, 0.29) is 0 Å². The lowest BCUT2D eigenvalue weighted by atomic mass is 10.1. The zero-order chi connectivity index (χ0) is 8.39. The van der Waals surface area contributed by atoms with Crippen molar-refractivity contribution < 1.29 is 0 Å². The van der Waals surface area contributed by atoms with Crippen LogP contribution in [-0.4, -0.2) is 11.5 Å². The smallest absolute Gasteiger partial charge is 0.123 e. The van der Waals surface area contributed by atoms with Gasteiger partial charge in [0, 0.05) is 12.2 Å². The molecular weight excluding hydrogens is 150 g/mol. The third kappa shape index (κ3) is 1.41. The molecule has 64 valence electrons. The van der Waals surface area contributed by atoms with Crippen molar-refractivity contribution in [2.24, 2.45) is 0 Å². The first kappa shape index (κ1) is 7.55. The highest BCUT2D eigenvalue weighted by Gasteiger charge is 2.15. The van der Waals surface area contributed by atoms with Gasteiger partial charge in [0.05, 0.1) is 0 Å². The van der Waals surface area contributed by atoms with Crippen LogP contribution in [0.2, 0.25) is 0 Å². The van der Waals surface area contributed by atoms with E-state index in [1.165, 1.54) is 18.4 Å². The second-order valence-corrected chi connectivity index (χ2v) is 3.17. The molecule has 3 N–H and O–H groups in total. The Morgan fingerprint density at radius 1 is 1.50 bits per heavy atom. The Labute approximate surface area is 72.0 Å². The maximum absolute atomic E-state index is 5.49. The molecule has 1 aliphatic heterocycles. The van der Waals surface area contributed by atoms with Crippen LogP contribution in [0, 0.1) is 0 Å². The summed E-state index contributed by atoms with van der Waals surface area (Å²) in [5.41, 5.74) is 6.75. The molecule has 0 bridgehead atoms. The Hall–Kier alpha value is -1.09. The molecular formula is C9H13N3. The molecule has 1 aromatic rings. The van der Waals surface area contributed by atoms with E-state index >= 15 is 0 Å². The van der Waals surface area contributed by atoms with E-state index in [1.807, 2.05) is 18.3 Å². The first-order valence-electron chi connectivity index (χ1n) is 4.31. The second-order valence-electron chi connectivity index (χ2n) is 3.17. The van der Waals surface area contributed by atoms with Gasteiger partial charge < -0.3 is 11.1 Å². The van der Waals surface area contributed by atoms with Crippen LogP contribution in [0.3, 0.4) is 0 Å². The minimum atomic E-state index is 0.498. The Morgan fingerprint density at radius 3 is 3.00 bits per heavy atom. The number of nitrogens with one attached hydrogen (secondary N) is 1. The highest BCUT2D eigenvalue weighted by atomic mass is 14.9. The first-order chi connectivity index (χ1) is 5.86. The minimum Gasteiger partial charge on any atom is -0.384 e. The number of nitrogens with two attached hydrogens (primary N) is 1. The van der Waals surface area contributed by atoms with E-state index in [4.69, 9.17) is 5.73 Å². The van der Waals surface area contributed by atoms with Gasteiger partial charge in [0.25, 0.3) is 0 Å². The van der Waals surface area contributed by atoms with Gasteiger partial charge in [0.1, 0.15) is 5.82 Å². The number of hydrogen-bond acceptors (Lipinski definition) is 3. The van der Waals surface area contributed by atoms with Crippen LogP contribution >= 0.6 is 0 Å². The molecule has 0 unspecified atom stereocenters. The fraction of sp³-hybridized carbons (Fsp3) is 0.444. The molecule has 0 amide bonds. The SMILES string of the molecule is Nc1ccc([C@H]2CCCN2)cn1. The molecule has 3 heteroatoms. The normalized spacial score (nSPS) is 22.8. The molecule has 2 heterocycles. The molecule has 0 radical (unpaired) electrons. The second kappa shape index (κ2) is 3.11. The Morgan fingerprint density at radius 2 is 2.42 bits per heavy atom. The highest BCUT2D eigenvalue weighted by molar-refractivity contribution is 5.30. The van der Waals surface area contributed by atoms with Crippen molar-refractivity contribution in [3.05, 3.63) is 23.9 Å². The van der Waals surface area contributed by atoms with E-state index in [2.05, 4.69) is 10.3 Å². The summed E-state index contributed by atoms with van der Waals surface area (Å²) in [6.45, 7) is 1.12. The van der Waals surface area contributed by atoms with Gasteiger partial charge >= 0.3 is 0 Å². The zero-order valence-corrected chi connectivity index (χ0v) is 6.96. The van der Waals surface area contributed by atoms with Crippen LogP contribution in [0.4, 0.5) is 5.82 Å². The average molecular weight is 163 g/mol. The fourth-order valence-corrected chi connectivity index (χ4v) is 1.59. The van der Waals surface area contributed by atoms with Crippen LogP contribution in [-0.2, 0) is 0 Å². The number of nitrogens with zero attached hydrogens (tertiary/aromatic N) is 1. The van der Waals surface area contributed by atoms with Gasteiger partial charge in [-0.05, 0) is 31.0 Å². The van der Waals surface area contributed by atoms with Gasteiger partial charge in [-0.1, -0.05) is 6.07 Å². The van der Waals surface area contributed by atoms with Crippen LogP contribution in [0.1, 0.15) is 24.4 Å². The monoisotopic (exact) mass is 163 g/mol. The van der Waals surface area contributed by atoms with E-state index in [0.29, 0.717) is 11.9 Å². The molecule has 3 nitrogen and oxygen atoms in total. The molecule has 1 saturated heterocycles. The van der Waals surface area contributed by atoms with Gasteiger partial charge in [-0.15, -0.1) is 0 Å². The molecule has 0 spiro atoms. The number of anilines is 1. The molecule has 2 rings (SSSR count). The zero-order valence-electron chi connectivity index (χ0n) is 6.96. The Bertz CT molecular complexity index is 249. The summed E-state index contributed by atoms with van der Waals surface area (Å²) >= 11 is 0. The van der Waals surface area contributed by atoms with Crippen LogP contribution < -0.4 is 11.1 Å². The van der Waals surface area contributed by atoms with Crippen molar-refractivity contribution >= 4 is 5.82 Å². The highest BCUT2D eigenvalue weighted by Crippen LogP contribution is 2.22. The molecule has 1 fully saturated rings. The largest absolute Gasteiger partial charge is 0.384 e. The number of hydrogen-bond donors (Lipinski definition) is 2. The van der Waals surface area contributed by atoms with E-state index < -0.39 is 0 Å². The summed E-state index contributed by atoms with van der Waals surface area (Å²) in [7, 11) is 0. The number of rotatable bonds is 1. The van der Waals surface area contributed by atoms with Crippen molar-refractivity contribution in [3.63, 3.8) is 0 Å². The van der Waals surface area contributed by atoms with Crippen molar-refractivity contribution in [1.82, 2.24) is 10.3 Å². The number of aromatic nitrogens is 1. The standard InChI is InChI=1S/C9H13N3/c10-9-4-3-7(6-12-9)8-2-1-5-11-8/h3-4,6,8,11H,1-2,5H2,(H2,10,12)/t8-/m1/s1. The summed E-state index contributed by atoms with van der Waals surface area (Å²) in [6.07, 6.45) is 4.33. The minimum absolute atomic E-state index is 0.498. The van der Waals surface area contributed by atoms with Gasteiger partial charge in [-0.3, -0.25) is 0 Å². The van der Waals surface area contributed by atoms with Gasteiger partial charge in [-0.2, -0.15) is 0 Å². The quantitative estimate of drug-likeness (QED) is 0.651. The fourth-order valence-electron chi connectivity index (χ4n) is 1.59. The third-order valence-electron chi connectivity index (χ3n) is 2.27. The van der Waals surface area contributed by atoms with Crippen molar-refractivity contribution in [2.45, 2.75) is 18.9 Å². The molecule has 0 aromatic carbocycles. The van der Waals surface area contributed by atoms with Crippen molar-refractivity contribution in [2.75, 3.05) is 12.3 Å². The maximum Gasteiger partial charge on any atom is 0.123 e. The lowest BCUT2D eigenvalue weighted by Gasteiger charge is -2.09. The van der Waals surface area contributed by atoms with E-state index in [1.54, 1.807) is 0 Å². The molecule has 0 saturated carbocycles. The van der Waals surface area contributed by atoms with Gasteiger partial charge in [-0.25, -0.2) is 4.98 Å². The average Bonchev–Trinajstić information content (AvgIpc) is 2.58. The molecule has 12 heavy (non-hydrogen) atoms. The molecule has 0 aliphatic carbocycles. The maximum atomic E-state index is 5.49. The summed E-state index contributed by atoms with van der Waals surface area (Å²) in [6, 6.07) is 4.40. The molecule has 1 atom stereocenters. The third-order valence-corrected chi connectivity index (χ3v) is 2.27. The molecule has 1 aliphatic rings. The van der Waals surface area contributed by atoms with E-state index in [0.717, 1.165) is 6.54 Å². The van der Waals surface area contributed by atoms with Crippen LogP contribution in [0.15, 0.2) is 18.3 Å². The van der Waals surface area contributed by atoms with Gasteiger partial charge in [0.2, 0.25) is 0 Å². The van der Waals surface area contributed by atoms with Gasteiger partial charge in [0.15, 0.2) is 0 Å². The lowest BCUT2D eigenvalue weighted by Crippen LogP contribution is -2.12. The topological polar surface area (TPSA) is 50.9 Å². The summed E-state index contributed by atoms with van der Waals surface area (Å²) < 4.78 is 0. The summed E-state index contributed by atoms with van der Waals surface area (Å²) in [4.78, 5) is 4.06. The van der Waals surface area contributed by atoms with Crippen molar-refractivity contribution in [1.29, 1.82) is 0 Å². The predicted molar refractivity (Wildman–Crippen MR) is 48.6 cm³/mol. The van der Waals surface area contributed by atoms with Crippen LogP contribution in [0.25, 0.3) is 0 Å². The lowest BCUT2D eigenvalue weighted by molar-refractivity contribution is 0.645. The number of pyridine rings is 1.